The summed E-state index contributed by atoms with van der Waals surface area (Å²) in [5, 5.41) is 0. The molecule has 0 atom stereocenters. The van der Waals surface area contributed by atoms with Gasteiger partial charge in [-0.25, -0.2) is 70.1 Å². The number of aromatic amines is 1. The third-order valence-electron chi connectivity index (χ3n) is 15.2. The third-order valence-corrected chi connectivity index (χ3v) is 20.5. The first-order valence-electron chi connectivity index (χ1n) is 26.7. The van der Waals surface area contributed by atoms with E-state index in [0.717, 1.165) is 36.8 Å². The highest BCUT2D eigenvalue weighted by Gasteiger charge is 2.36. The Balaban J connectivity index is 0.000000147. The molecular formula is C56H52F9N15O6S3. The normalized spacial score (nSPS) is 12.9. The van der Waals surface area contributed by atoms with Gasteiger partial charge in [-0.05, 0) is 75.4 Å². The minimum atomic E-state index is -4.60. The Hall–Kier alpha value is -8.85. The summed E-state index contributed by atoms with van der Waals surface area (Å²) >= 11 is 0. The van der Waals surface area contributed by atoms with E-state index in [2.05, 4.69) is 49.8 Å². The van der Waals surface area contributed by atoms with E-state index in [9.17, 15) is 64.8 Å². The number of fused-ring (bicyclic) bond motifs is 6. The zero-order valence-corrected chi connectivity index (χ0v) is 51.3. The van der Waals surface area contributed by atoms with Crippen LogP contribution in [0, 0.1) is 20.8 Å². The van der Waals surface area contributed by atoms with E-state index in [-0.39, 0.29) is 77.1 Å². The van der Waals surface area contributed by atoms with Gasteiger partial charge in [-0.15, -0.1) is 0 Å². The molecule has 9 heterocycles. The standard InChI is InChI=1S/2C19H18F3N5O2S.C18H16F3N5O2S/c1-5-30(28,29)16-7-12-14(26(3)10(2)24-12)6-11(16)18-25-13-8-17(19(20,21)22)23-9-15(13)27(18)4;1-5-30(28,29)16-8-14-12(24-10(2)26(14)3)6-11(16)18-25-13-7-17(19(20,21)22)23-9-15(13)27(18)4;1-4-29(27,28)15-6-12-11(23-9(2)24-12)5-10(15)17-25-13-7-16(18(19,20)21)22-8-14(13)26(17)3/h2*6-9H,5H2,1-4H3;5-8H,4H2,1-3H3,(H,23,24). The largest absolute Gasteiger partial charge is 0.433 e. The molecule has 0 aliphatic carbocycles. The molecule has 0 aliphatic rings. The summed E-state index contributed by atoms with van der Waals surface area (Å²) in [6.07, 6.45) is -10.5. The van der Waals surface area contributed by atoms with Crippen LogP contribution in [0.25, 0.3) is 100 Å². The van der Waals surface area contributed by atoms with Gasteiger partial charge in [0.15, 0.2) is 29.5 Å². The minimum absolute atomic E-state index is 0.0398. The first-order chi connectivity index (χ1) is 41.4. The van der Waals surface area contributed by atoms with Crippen LogP contribution in [0.5, 0.6) is 0 Å². The maximum atomic E-state index is 13.0. The molecule has 0 bridgehead atoms. The Morgan fingerprint density at radius 2 is 0.697 bits per heavy atom. The van der Waals surface area contributed by atoms with Gasteiger partial charge in [0.1, 0.15) is 52.0 Å². The van der Waals surface area contributed by atoms with Crippen molar-refractivity contribution in [1.29, 1.82) is 0 Å². The Morgan fingerprint density at radius 1 is 0.382 bits per heavy atom. The van der Waals surface area contributed by atoms with Crippen LogP contribution in [0.1, 0.15) is 55.3 Å². The van der Waals surface area contributed by atoms with Crippen LogP contribution in [0.3, 0.4) is 0 Å². The number of imidazole rings is 6. The van der Waals surface area contributed by atoms with E-state index >= 15 is 0 Å². The molecule has 89 heavy (non-hydrogen) atoms. The van der Waals surface area contributed by atoms with Crippen LogP contribution < -0.4 is 0 Å². The summed E-state index contributed by atoms with van der Waals surface area (Å²) in [4.78, 5) is 39.7. The lowest BCUT2D eigenvalue weighted by molar-refractivity contribution is -0.141. The topological polar surface area (TPSA) is 259 Å². The van der Waals surface area contributed by atoms with Crippen molar-refractivity contribution in [3.63, 3.8) is 0 Å². The maximum Gasteiger partial charge on any atom is 0.433 e. The summed E-state index contributed by atoms with van der Waals surface area (Å²) < 4.78 is 202. The van der Waals surface area contributed by atoms with E-state index in [1.165, 1.54) is 42.0 Å². The molecular weight excluding hydrogens is 1250 g/mol. The van der Waals surface area contributed by atoms with E-state index in [4.69, 9.17) is 0 Å². The van der Waals surface area contributed by atoms with Gasteiger partial charge < -0.3 is 27.8 Å². The van der Waals surface area contributed by atoms with Gasteiger partial charge in [-0.1, -0.05) is 20.8 Å². The zero-order valence-electron chi connectivity index (χ0n) is 48.9. The third kappa shape index (κ3) is 11.4. The predicted molar refractivity (Wildman–Crippen MR) is 312 cm³/mol. The molecule has 0 saturated heterocycles. The predicted octanol–water partition coefficient (Wildman–Crippen LogP) is 10.9. The number of aromatic nitrogens is 15. The molecule has 0 saturated carbocycles. The summed E-state index contributed by atoms with van der Waals surface area (Å²) in [6.45, 7) is 9.93. The smallest absolute Gasteiger partial charge is 0.342 e. The van der Waals surface area contributed by atoms with E-state index in [1.54, 1.807) is 89.4 Å². The minimum Gasteiger partial charge on any atom is -0.342 e. The lowest BCUT2D eigenvalue weighted by Crippen LogP contribution is -2.08. The lowest BCUT2D eigenvalue weighted by Gasteiger charge is -2.11. The van der Waals surface area contributed by atoms with Gasteiger partial charge in [0.25, 0.3) is 0 Å². The summed E-state index contributed by atoms with van der Waals surface area (Å²) in [6, 6.07) is 12.0. The molecule has 0 fully saturated rings. The van der Waals surface area contributed by atoms with Crippen molar-refractivity contribution in [2.24, 2.45) is 35.2 Å². The molecule has 0 spiro atoms. The molecule has 12 rings (SSSR count). The summed E-state index contributed by atoms with van der Waals surface area (Å²) in [7, 11) is -2.54. The fourth-order valence-electron chi connectivity index (χ4n) is 10.1. The van der Waals surface area contributed by atoms with Crippen LogP contribution in [0.2, 0.25) is 0 Å². The van der Waals surface area contributed by atoms with Gasteiger partial charge in [0.2, 0.25) is 0 Å². The molecule has 1 N–H and O–H groups in total. The monoisotopic (exact) mass is 1300 g/mol. The molecule has 21 nitrogen and oxygen atoms in total. The molecule has 0 amide bonds. The Labute approximate surface area is 500 Å². The number of hydrogen-bond acceptors (Lipinski definition) is 15. The lowest BCUT2D eigenvalue weighted by atomic mass is 10.2. The van der Waals surface area contributed by atoms with Crippen molar-refractivity contribution in [3.05, 3.63) is 108 Å². The van der Waals surface area contributed by atoms with E-state index in [1.807, 2.05) is 4.57 Å². The second-order valence-corrected chi connectivity index (χ2v) is 27.4. The quantitative estimate of drug-likeness (QED) is 0.132. The highest BCUT2D eigenvalue weighted by Crippen LogP contribution is 2.39. The number of rotatable bonds is 9. The fourth-order valence-corrected chi connectivity index (χ4v) is 13.3. The number of nitrogens with zero attached hydrogens (tertiary/aromatic N) is 14. The van der Waals surface area contributed by atoms with Gasteiger partial charge >= 0.3 is 18.5 Å². The Kier molecular flexibility index (Phi) is 15.6. The molecule has 3 aromatic carbocycles. The van der Waals surface area contributed by atoms with Crippen LogP contribution in [0.15, 0.2) is 87.9 Å². The highest BCUT2D eigenvalue weighted by atomic mass is 32.2. The van der Waals surface area contributed by atoms with Crippen molar-refractivity contribution in [3.8, 4) is 34.2 Å². The number of H-pyrrole nitrogens is 1. The number of aryl methyl sites for hydroxylation is 8. The summed E-state index contributed by atoms with van der Waals surface area (Å²) in [5.41, 5.74) is 2.50. The van der Waals surface area contributed by atoms with E-state index < -0.39 is 65.1 Å². The summed E-state index contributed by atoms with van der Waals surface area (Å²) in [5.74, 6) is 2.28. The van der Waals surface area contributed by atoms with Crippen LogP contribution in [-0.2, 0) is 83.3 Å². The van der Waals surface area contributed by atoms with Crippen LogP contribution in [-0.4, -0.2) is 115 Å². The average molecular weight is 1300 g/mol. The number of alkyl halides is 9. The maximum absolute atomic E-state index is 13.0. The van der Waals surface area contributed by atoms with Crippen molar-refractivity contribution in [2.75, 3.05) is 17.3 Å². The second kappa shape index (κ2) is 22.0. The zero-order chi connectivity index (χ0) is 65.2. The number of benzene rings is 3. The SMILES string of the molecule is CCS(=O)(=O)c1cc2[nH]c(C)nc2cc1-c1nc2cc(C(F)(F)F)ncc2n1C.CCS(=O)(=O)c1cc2c(cc1-c1nc3cc(C(F)(F)F)ncc3n1C)nc(C)n2C.CCS(=O)(=O)c1cc2nc(C)n(C)c2cc1-c1nc2cc(C(F)(F)F)ncc2n1C. The van der Waals surface area contributed by atoms with Crippen molar-refractivity contribution in [1.82, 2.24) is 72.7 Å². The fraction of sp³-hybridized carbons (Fsp3) is 0.304. The van der Waals surface area contributed by atoms with Gasteiger partial charge in [0.05, 0.1) is 117 Å². The second-order valence-electron chi connectivity index (χ2n) is 20.7. The molecule has 0 radical (unpaired) electrons. The molecule has 9 aromatic heterocycles. The van der Waals surface area contributed by atoms with Crippen molar-refractivity contribution < 1.29 is 64.8 Å². The number of nitrogens with one attached hydrogen (secondary N) is 1. The molecule has 12 aromatic rings. The van der Waals surface area contributed by atoms with Gasteiger partial charge in [-0.2, -0.15) is 39.5 Å². The molecule has 0 unspecified atom stereocenters. The molecule has 33 heteroatoms. The average Bonchev–Trinajstić information content (AvgIpc) is 1.73. The number of sulfone groups is 3. The highest BCUT2D eigenvalue weighted by molar-refractivity contribution is 7.92. The van der Waals surface area contributed by atoms with E-state index in [0.29, 0.717) is 72.7 Å². The number of halogens is 9. The van der Waals surface area contributed by atoms with Crippen LogP contribution in [0.4, 0.5) is 39.5 Å². The first-order valence-corrected chi connectivity index (χ1v) is 31.7. The molecule has 0 aliphatic heterocycles. The Morgan fingerprint density at radius 3 is 1.07 bits per heavy atom. The van der Waals surface area contributed by atoms with Gasteiger partial charge in [0, 0.05) is 51.9 Å². The Bertz CT molecular complexity index is 5230. The van der Waals surface area contributed by atoms with Crippen LogP contribution >= 0.6 is 0 Å². The van der Waals surface area contributed by atoms with Gasteiger partial charge in [-0.3, -0.25) is 0 Å². The van der Waals surface area contributed by atoms with Crippen molar-refractivity contribution in [2.45, 2.75) is 74.8 Å². The molecule has 468 valence electrons. The number of hydrogen-bond donors (Lipinski definition) is 1. The first kappa shape index (κ1) is 63.2. The van der Waals surface area contributed by atoms with Crippen molar-refractivity contribution >= 4 is 95.7 Å². The number of pyridine rings is 3.